The molecule has 0 spiro atoms. The Hall–Kier alpha value is -1.06. The van der Waals surface area contributed by atoms with Crippen molar-refractivity contribution in [1.82, 2.24) is 0 Å². The van der Waals surface area contributed by atoms with E-state index < -0.39 is 5.97 Å². The molecule has 4 nitrogen and oxygen atoms in total. The molecular weight excluding hydrogens is 508 g/mol. The van der Waals surface area contributed by atoms with Gasteiger partial charge in [0.1, 0.15) is 6.10 Å². The van der Waals surface area contributed by atoms with Crippen LogP contribution in [-0.2, 0) is 14.3 Å². The van der Waals surface area contributed by atoms with Gasteiger partial charge in [-0.15, -0.1) is 0 Å². The second-order valence-electron chi connectivity index (χ2n) is 12.8. The normalized spacial score (nSPS) is 12.0. The summed E-state index contributed by atoms with van der Waals surface area (Å²) in [5.41, 5.74) is 0. The quantitative estimate of drug-likeness (QED) is 0.0607. The molecule has 41 heavy (non-hydrogen) atoms. The van der Waals surface area contributed by atoms with Crippen LogP contribution < -0.4 is 0 Å². The number of carboxylic acid groups (broad SMARTS) is 1. The second kappa shape index (κ2) is 33.4. The van der Waals surface area contributed by atoms with E-state index >= 15 is 0 Å². The van der Waals surface area contributed by atoms with E-state index in [9.17, 15) is 9.59 Å². The maximum Gasteiger partial charge on any atom is 0.306 e. The molecule has 0 aliphatic heterocycles. The molecule has 0 aromatic heterocycles. The van der Waals surface area contributed by atoms with Crippen LogP contribution in [0.15, 0.2) is 0 Å². The lowest BCUT2D eigenvalue weighted by atomic mass is 10.0. The smallest absolute Gasteiger partial charge is 0.306 e. The third kappa shape index (κ3) is 33.3. The summed E-state index contributed by atoms with van der Waals surface area (Å²) in [6.07, 6.45) is 38.5. The third-order valence-electron chi connectivity index (χ3n) is 8.58. The predicted octanol–water partition coefficient (Wildman–Crippen LogP) is 12.5. The van der Waals surface area contributed by atoms with Crippen LogP contribution in [0.5, 0.6) is 0 Å². The Morgan fingerprint density at radius 2 is 0.732 bits per heavy atom. The van der Waals surface area contributed by atoms with Gasteiger partial charge < -0.3 is 9.84 Å². The van der Waals surface area contributed by atoms with E-state index in [1.807, 2.05) is 0 Å². The fourth-order valence-electron chi connectivity index (χ4n) is 5.83. The minimum absolute atomic E-state index is 0.0126. The van der Waals surface area contributed by atoms with E-state index in [0.29, 0.717) is 6.42 Å². The third-order valence-corrected chi connectivity index (χ3v) is 8.58. The van der Waals surface area contributed by atoms with E-state index in [-0.39, 0.29) is 18.5 Å². The molecule has 1 N–H and O–H groups in total. The van der Waals surface area contributed by atoms with Crippen LogP contribution in [0.1, 0.15) is 219 Å². The van der Waals surface area contributed by atoms with Crippen molar-refractivity contribution in [2.75, 3.05) is 0 Å². The van der Waals surface area contributed by atoms with Crippen molar-refractivity contribution in [1.29, 1.82) is 0 Å². The van der Waals surface area contributed by atoms with Crippen LogP contribution in [0.2, 0.25) is 0 Å². The molecule has 0 aliphatic rings. The second-order valence-corrected chi connectivity index (χ2v) is 12.8. The van der Waals surface area contributed by atoms with E-state index in [4.69, 9.17) is 9.84 Å². The number of unbranched alkanes of at least 4 members (excludes halogenated alkanes) is 25. The molecule has 0 aromatic carbocycles. The number of carbonyl (C=O) groups is 2. The van der Waals surface area contributed by atoms with Gasteiger partial charge in [-0.2, -0.15) is 0 Å². The van der Waals surface area contributed by atoms with E-state index in [1.54, 1.807) is 0 Å². The standard InChI is InChI=1S/C37H72O4/c1-3-5-7-9-10-11-12-13-14-15-16-17-18-19-20-21-22-24-30-34-37(40)41-35(31-27-23-8-6-4-2)32-28-25-26-29-33-36(38)39/h35H,3-34H2,1-2H3,(H,38,39). The molecule has 0 radical (unpaired) electrons. The van der Waals surface area contributed by atoms with Gasteiger partial charge in [0.05, 0.1) is 0 Å². The van der Waals surface area contributed by atoms with Gasteiger partial charge in [0, 0.05) is 12.8 Å². The first kappa shape index (κ1) is 39.9. The molecular formula is C37H72O4. The van der Waals surface area contributed by atoms with Gasteiger partial charge in [0.2, 0.25) is 0 Å². The van der Waals surface area contributed by atoms with Gasteiger partial charge in [-0.25, -0.2) is 0 Å². The zero-order valence-electron chi connectivity index (χ0n) is 27.9. The maximum absolute atomic E-state index is 12.5. The van der Waals surface area contributed by atoms with Gasteiger partial charge in [-0.3, -0.25) is 9.59 Å². The zero-order chi connectivity index (χ0) is 30.1. The lowest BCUT2D eigenvalue weighted by Gasteiger charge is -2.18. The largest absolute Gasteiger partial charge is 0.481 e. The number of rotatable bonds is 34. The molecule has 1 atom stereocenters. The molecule has 0 rings (SSSR count). The van der Waals surface area contributed by atoms with E-state index in [1.165, 1.54) is 135 Å². The monoisotopic (exact) mass is 581 g/mol. The first-order chi connectivity index (χ1) is 20.1. The fraction of sp³-hybridized carbons (Fsp3) is 0.946. The summed E-state index contributed by atoms with van der Waals surface area (Å²) in [6, 6.07) is 0. The topological polar surface area (TPSA) is 63.6 Å². The molecule has 1 unspecified atom stereocenters. The minimum Gasteiger partial charge on any atom is -0.481 e. The number of aliphatic carboxylic acids is 1. The Kier molecular flexibility index (Phi) is 32.6. The molecule has 0 fully saturated rings. The summed E-state index contributed by atoms with van der Waals surface area (Å²) >= 11 is 0. The van der Waals surface area contributed by atoms with Crippen molar-refractivity contribution in [2.24, 2.45) is 0 Å². The molecule has 244 valence electrons. The molecule has 0 aliphatic carbocycles. The average Bonchev–Trinajstić information content (AvgIpc) is 2.95. The van der Waals surface area contributed by atoms with Gasteiger partial charge in [0.25, 0.3) is 0 Å². The van der Waals surface area contributed by atoms with Gasteiger partial charge in [-0.05, 0) is 38.5 Å². The highest BCUT2D eigenvalue weighted by Gasteiger charge is 2.14. The summed E-state index contributed by atoms with van der Waals surface area (Å²) in [6.45, 7) is 4.52. The maximum atomic E-state index is 12.5. The zero-order valence-corrected chi connectivity index (χ0v) is 27.9. The van der Waals surface area contributed by atoms with Crippen LogP contribution in [-0.4, -0.2) is 23.1 Å². The number of carboxylic acids is 1. The van der Waals surface area contributed by atoms with Gasteiger partial charge >= 0.3 is 11.9 Å². The average molecular weight is 581 g/mol. The summed E-state index contributed by atoms with van der Waals surface area (Å²) in [5, 5.41) is 8.78. The highest BCUT2D eigenvalue weighted by Crippen LogP contribution is 2.18. The van der Waals surface area contributed by atoms with Crippen LogP contribution in [0.25, 0.3) is 0 Å². The Labute approximate surface area is 256 Å². The molecule has 0 heterocycles. The Bertz CT molecular complexity index is 547. The molecule has 0 saturated heterocycles. The van der Waals surface area contributed by atoms with Gasteiger partial charge in [0.15, 0.2) is 0 Å². The number of carbonyl (C=O) groups excluding carboxylic acids is 1. The molecule has 0 saturated carbocycles. The molecule has 4 heteroatoms. The summed E-state index contributed by atoms with van der Waals surface area (Å²) in [5.74, 6) is -0.722. The lowest BCUT2D eigenvalue weighted by molar-refractivity contribution is -0.150. The van der Waals surface area contributed by atoms with E-state index in [0.717, 1.165) is 57.8 Å². The number of hydrogen-bond acceptors (Lipinski definition) is 3. The SMILES string of the molecule is CCCCCCCCCCCCCCCCCCCCCC(=O)OC(CCCCCCC)CCCCCCC(=O)O. The van der Waals surface area contributed by atoms with Crippen LogP contribution in [0, 0.1) is 0 Å². The summed E-state index contributed by atoms with van der Waals surface area (Å²) in [7, 11) is 0. The Morgan fingerprint density at radius 1 is 0.439 bits per heavy atom. The summed E-state index contributed by atoms with van der Waals surface area (Å²) < 4.78 is 5.91. The van der Waals surface area contributed by atoms with Gasteiger partial charge in [-0.1, -0.05) is 168 Å². The molecule has 0 bridgehead atoms. The number of ether oxygens (including phenoxy) is 1. The summed E-state index contributed by atoms with van der Waals surface area (Å²) in [4.78, 5) is 23.2. The Balaban J connectivity index is 3.68. The predicted molar refractivity (Wildman–Crippen MR) is 177 cm³/mol. The van der Waals surface area contributed by atoms with E-state index in [2.05, 4.69) is 13.8 Å². The highest BCUT2D eigenvalue weighted by atomic mass is 16.5. The fourth-order valence-corrected chi connectivity index (χ4v) is 5.83. The number of esters is 1. The van der Waals surface area contributed by atoms with Crippen molar-refractivity contribution < 1.29 is 19.4 Å². The van der Waals surface area contributed by atoms with Crippen molar-refractivity contribution >= 4 is 11.9 Å². The van der Waals surface area contributed by atoms with Crippen molar-refractivity contribution in [3.05, 3.63) is 0 Å². The Morgan fingerprint density at radius 3 is 1.07 bits per heavy atom. The van der Waals surface area contributed by atoms with Crippen LogP contribution in [0.3, 0.4) is 0 Å². The lowest BCUT2D eigenvalue weighted by Crippen LogP contribution is -2.18. The number of hydrogen-bond donors (Lipinski definition) is 1. The minimum atomic E-state index is -0.710. The first-order valence-electron chi connectivity index (χ1n) is 18.5. The first-order valence-corrected chi connectivity index (χ1v) is 18.5. The highest BCUT2D eigenvalue weighted by molar-refractivity contribution is 5.69. The molecule has 0 aromatic rings. The molecule has 0 amide bonds. The van der Waals surface area contributed by atoms with Crippen LogP contribution >= 0.6 is 0 Å². The van der Waals surface area contributed by atoms with Crippen molar-refractivity contribution in [3.8, 4) is 0 Å². The van der Waals surface area contributed by atoms with Crippen molar-refractivity contribution in [3.63, 3.8) is 0 Å². The van der Waals surface area contributed by atoms with Crippen LogP contribution in [0.4, 0.5) is 0 Å². The van der Waals surface area contributed by atoms with Crippen molar-refractivity contribution in [2.45, 2.75) is 225 Å².